The van der Waals surface area contributed by atoms with Crippen molar-refractivity contribution in [3.63, 3.8) is 0 Å². The predicted molar refractivity (Wildman–Crippen MR) is 66.7 cm³/mol. The number of hydrogen-bond donors (Lipinski definition) is 2. The number of nitro benzene ring substituents is 1. The summed E-state index contributed by atoms with van der Waals surface area (Å²) >= 11 is 0. The van der Waals surface area contributed by atoms with Crippen molar-refractivity contribution in [2.24, 2.45) is 0 Å². The highest BCUT2D eigenvalue weighted by Crippen LogP contribution is 2.20. The van der Waals surface area contributed by atoms with Crippen LogP contribution in [0.15, 0.2) is 18.2 Å². The number of benzene rings is 1. The molecule has 0 fully saturated rings. The third-order valence-electron chi connectivity index (χ3n) is 2.49. The van der Waals surface area contributed by atoms with Crippen LogP contribution in [-0.2, 0) is 4.79 Å². The van der Waals surface area contributed by atoms with Gasteiger partial charge in [-0.05, 0) is 6.07 Å². The van der Waals surface area contributed by atoms with Gasteiger partial charge in [-0.2, -0.15) is 0 Å². The van der Waals surface area contributed by atoms with Crippen molar-refractivity contribution in [1.82, 2.24) is 4.90 Å². The molecule has 0 unspecified atom stereocenters. The summed E-state index contributed by atoms with van der Waals surface area (Å²) in [5.74, 6) is -1.59. The number of amides is 1. The van der Waals surface area contributed by atoms with Crippen LogP contribution in [0.25, 0.3) is 0 Å². The van der Waals surface area contributed by atoms with E-state index in [1.54, 1.807) is 0 Å². The van der Waals surface area contributed by atoms with Gasteiger partial charge in [0, 0.05) is 31.4 Å². The quantitative estimate of drug-likeness (QED) is 0.459. The average molecular weight is 267 g/mol. The van der Waals surface area contributed by atoms with E-state index in [4.69, 9.17) is 10.8 Å². The number of nitrogens with two attached hydrogens (primary N) is 1. The molecule has 1 aromatic rings. The molecule has 0 aliphatic heterocycles. The van der Waals surface area contributed by atoms with Crippen molar-refractivity contribution in [2.45, 2.75) is 6.42 Å². The summed E-state index contributed by atoms with van der Waals surface area (Å²) in [6.45, 7) is -0.00367. The van der Waals surface area contributed by atoms with Crippen LogP contribution in [0, 0.1) is 10.1 Å². The molecule has 8 nitrogen and oxygen atoms in total. The standard InChI is InChI=1S/C11H13N3O5/c1-13(5-4-10(15)16)11(17)8-6-7(14(18)19)2-3-9(8)12/h2-3,6H,4-5,12H2,1H3,(H,15,16). The number of anilines is 1. The molecular formula is C11H13N3O5. The van der Waals surface area contributed by atoms with E-state index in [1.807, 2.05) is 0 Å². The van der Waals surface area contributed by atoms with Gasteiger partial charge < -0.3 is 15.7 Å². The van der Waals surface area contributed by atoms with Crippen molar-refractivity contribution < 1.29 is 19.6 Å². The fraction of sp³-hybridized carbons (Fsp3) is 0.273. The summed E-state index contributed by atoms with van der Waals surface area (Å²) in [5, 5.41) is 19.2. The second-order valence-electron chi connectivity index (χ2n) is 3.90. The minimum absolute atomic E-state index is 0.00367. The Balaban J connectivity index is 2.95. The molecule has 1 rings (SSSR count). The van der Waals surface area contributed by atoms with Gasteiger partial charge in [-0.3, -0.25) is 19.7 Å². The molecule has 0 bridgehead atoms. The second-order valence-corrected chi connectivity index (χ2v) is 3.90. The number of carboxylic acids is 1. The molecule has 0 saturated heterocycles. The Hall–Kier alpha value is -2.64. The SMILES string of the molecule is CN(CCC(=O)O)C(=O)c1cc([N+](=O)[O-])ccc1N. The van der Waals surface area contributed by atoms with Gasteiger partial charge in [0.05, 0.1) is 16.9 Å². The van der Waals surface area contributed by atoms with E-state index in [0.717, 1.165) is 11.0 Å². The largest absolute Gasteiger partial charge is 0.481 e. The summed E-state index contributed by atoms with van der Waals surface area (Å²) in [6.07, 6.45) is -0.211. The summed E-state index contributed by atoms with van der Waals surface area (Å²) in [7, 11) is 1.41. The van der Waals surface area contributed by atoms with Gasteiger partial charge >= 0.3 is 5.97 Å². The first-order chi connectivity index (χ1) is 8.82. The molecule has 0 atom stereocenters. The first-order valence-corrected chi connectivity index (χ1v) is 5.34. The molecule has 0 radical (unpaired) electrons. The highest BCUT2D eigenvalue weighted by atomic mass is 16.6. The topological polar surface area (TPSA) is 127 Å². The molecule has 8 heteroatoms. The Morgan fingerprint density at radius 2 is 2.11 bits per heavy atom. The summed E-state index contributed by atoms with van der Waals surface area (Å²) in [5.41, 5.74) is 5.45. The molecule has 0 aromatic heterocycles. The van der Waals surface area contributed by atoms with E-state index in [1.165, 1.54) is 19.2 Å². The summed E-state index contributed by atoms with van der Waals surface area (Å²) in [4.78, 5) is 33.6. The smallest absolute Gasteiger partial charge is 0.305 e. The molecule has 0 spiro atoms. The molecule has 1 aromatic carbocycles. The Labute approximate surface area is 108 Å². The Morgan fingerprint density at radius 1 is 1.47 bits per heavy atom. The number of carboxylic acid groups (broad SMARTS) is 1. The highest BCUT2D eigenvalue weighted by Gasteiger charge is 2.18. The van der Waals surface area contributed by atoms with Crippen LogP contribution in [0.2, 0.25) is 0 Å². The van der Waals surface area contributed by atoms with Crippen molar-refractivity contribution >= 4 is 23.3 Å². The zero-order chi connectivity index (χ0) is 14.6. The highest BCUT2D eigenvalue weighted by molar-refractivity contribution is 5.99. The molecule has 0 saturated carbocycles. The predicted octanol–water partition coefficient (Wildman–Crippen LogP) is 0.724. The van der Waals surface area contributed by atoms with Crippen LogP contribution in [0.5, 0.6) is 0 Å². The van der Waals surface area contributed by atoms with E-state index in [2.05, 4.69) is 0 Å². The van der Waals surface area contributed by atoms with Gasteiger partial charge in [-0.25, -0.2) is 0 Å². The lowest BCUT2D eigenvalue weighted by atomic mass is 10.1. The maximum Gasteiger partial charge on any atom is 0.305 e. The maximum absolute atomic E-state index is 12.0. The monoisotopic (exact) mass is 267 g/mol. The number of nitrogen functional groups attached to an aromatic ring is 1. The first-order valence-electron chi connectivity index (χ1n) is 5.34. The Kier molecular flexibility index (Phi) is 4.41. The van der Waals surface area contributed by atoms with Crippen LogP contribution in [0.4, 0.5) is 11.4 Å². The molecule has 0 aliphatic carbocycles. The summed E-state index contributed by atoms with van der Waals surface area (Å²) < 4.78 is 0. The van der Waals surface area contributed by atoms with Crippen LogP contribution >= 0.6 is 0 Å². The van der Waals surface area contributed by atoms with Crippen molar-refractivity contribution in [3.05, 3.63) is 33.9 Å². The molecule has 102 valence electrons. The molecule has 1 amide bonds. The zero-order valence-electron chi connectivity index (χ0n) is 10.2. The van der Waals surface area contributed by atoms with E-state index < -0.39 is 16.8 Å². The van der Waals surface area contributed by atoms with E-state index in [0.29, 0.717) is 0 Å². The zero-order valence-corrected chi connectivity index (χ0v) is 10.2. The molecule has 19 heavy (non-hydrogen) atoms. The van der Waals surface area contributed by atoms with Crippen molar-refractivity contribution in [2.75, 3.05) is 19.3 Å². The number of hydrogen-bond acceptors (Lipinski definition) is 5. The third-order valence-corrected chi connectivity index (χ3v) is 2.49. The average Bonchev–Trinajstić information content (AvgIpc) is 2.35. The number of non-ortho nitro benzene ring substituents is 1. The molecule has 3 N–H and O–H groups in total. The lowest BCUT2D eigenvalue weighted by Crippen LogP contribution is -2.29. The first kappa shape index (κ1) is 14.4. The lowest BCUT2D eigenvalue weighted by Gasteiger charge is -2.16. The second kappa shape index (κ2) is 5.80. The van der Waals surface area contributed by atoms with Gasteiger partial charge in [0.25, 0.3) is 11.6 Å². The fourth-order valence-electron chi connectivity index (χ4n) is 1.41. The number of aliphatic carboxylic acids is 1. The van der Waals surface area contributed by atoms with Gasteiger partial charge in [-0.15, -0.1) is 0 Å². The molecule has 0 heterocycles. The number of nitro groups is 1. The van der Waals surface area contributed by atoms with E-state index in [-0.39, 0.29) is 29.9 Å². The van der Waals surface area contributed by atoms with E-state index in [9.17, 15) is 19.7 Å². The number of rotatable bonds is 5. The number of carbonyl (C=O) groups excluding carboxylic acids is 1. The maximum atomic E-state index is 12.0. The number of carbonyl (C=O) groups is 2. The number of nitrogens with zero attached hydrogens (tertiary/aromatic N) is 2. The molecule has 0 aliphatic rings. The molecular weight excluding hydrogens is 254 g/mol. The van der Waals surface area contributed by atoms with Crippen LogP contribution in [0.1, 0.15) is 16.8 Å². The minimum atomic E-state index is -1.04. The summed E-state index contributed by atoms with van der Waals surface area (Å²) in [6, 6.07) is 3.55. The Morgan fingerprint density at radius 3 is 2.63 bits per heavy atom. The van der Waals surface area contributed by atoms with Crippen LogP contribution in [-0.4, -0.2) is 40.4 Å². The van der Waals surface area contributed by atoms with Crippen LogP contribution in [0.3, 0.4) is 0 Å². The van der Waals surface area contributed by atoms with Gasteiger partial charge in [0.2, 0.25) is 0 Å². The van der Waals surface area contributed by atoms with Gasteiger partial charge in [0.1, 0.15) is 0 Å². The van der Waals surface area contributed by atoms with Crippen LogP contribution < -0.4 is 5.73 Å². The lowest BCUT2D eigenvalue weighted by molar-refractivity contribution is -0.384. The van der Waals surface area contributed by atoms with Gasteiger partial charge in [-0.1, -0.05) is 0 Å². The Bertz CT molecular complexity index is 529. The van der Waals surface area contributed by atoms with E-state index >= 15 is 0 Å². The van der Waals surface area contributed by atoms with Gasteiger partial charge in [0.15, 0.2) is 0 Å². The van der Waals surface area contributed by atoms with Crippen molar-refractivity contribution in [1.29, 1.82) is 0 Å². The third kappa shape index (κ3) is 3.66. The van der Waals surface area contributed by atoms with Crippen molar-refractivity contribution in [3.8, 4) is 0 Å². The normalized spacial score (nSPS) is 9.95. The minimum Gasteiger partial charge on any atom is -0.481 e. The fourth-order valence-corrected chi connectivity index (χ4v) is 1.41.